The van der Waals surface area contributed by atoms with Crippen molar-refractivity contribution in [2.45, 2.75) is 44.4 Å². The SMILES string of the molecule is CC(C)(C)[Si](O[C@H]1CN[C@@H](C(=O)O)C1)(c1ccccc1)c1ccccc1. The summed E-state index contributed by atoms with van der Waals surface area (Å²) in [6.07, 6.45) is 0.391. The Morgan fingerprint density at radius 1 is 1.04 bits per heavy atom. The smallest absolute Gasteiger partial charge is 0.320 e. The largest absolute Gasteiger partial charge is 0.480 e. The van der Waals surface area contributed by atoms with Gasteiger partial charge in [-0.1, -0.05) is 81.4 Å². The van der Waals surface area contributed by atoms with E-state index in [2.05, 4.69) is 74.6 Å². The second-order valence-corrected chi connectivity index (χ2v) is 12.2. The summed E-state index contributed by atoms with van der Waals surface area (Å²) >= 11 is 0. The van der Waals surface area contributed by atoms with Gasteiger partial charge in [-0.15, -0.1) is 0 Å². The van der Waals surface area contributed by atoms with E-state index in [-0.39, 0.29) is 11.1 Å². The Balaban J connectivity index is 2.08. The molecule has 0 radical (unpaired) electrons. The summed E-state index contributed by atoms with van der Waals surface area (Å²) in [4.78, 5) is 11.3. The highest BCUT2D eigenvalue weighted by Gasteiger charge is 2.52. The fourth-order valence-corrected chi connectivity index (χ4v) is 8.62. The first-order valence-corrected chi connectivity index (χ1v) is 11.0. The molecule has 1 fully saturated rings. The lowest BCUT2D eigenvalue weighted by atomic mass is 10.2. The minimum absolute atomic E-state index is 0.100. The lowest BCUT2D eigenvalue weighted by Gasteiger charge is -2.44. The molecule has 0 unspecified atom stereocenters. The number of carboxylic acids is 1. The van der Waals surface area contributed by atoms with E-state index in [1.807, 2.05) is 12.1 Å². The highest BCUT2D eigenvalue weighted by atomic mass is 28.4. The van der Waals surface area contributed by atoms with Crippen molar-refractivity contribution < 1.29 is 14.3 Å². The van der Waals surface area contributed by atoms with Gasteiger partial charge >= 0.3 is 5.97 Å². The summed E-state index contributed by atoms with van der Waals surface area (Å²) in [5, 5.41) is 14.7. The van der Waals surface area contributed by atoms with Crippen molar-refractivity contribution in [1.29, 1.82) is 0 Å². The molecule has 1 heterocycles. The van der Waals surface area contributed by atoms with Crippen LogP contribution in [0.15, 0.2) is 60.7 Å². The quantitative estimate of drug-likeness (QED) is 0.795. The Labute approximate surface area is 156 Å². The zero-order valence-corrected chi connectivity index (χ0v) is 16.6. The Kier molecular flexibility index (Phi) is 5.32. The third kappa shape index (κ3) is 3.47. The molecule has 0 bridgehead atoms. The summed E-state index contributed by atoms with van der Waals surface area (Å²) in [5.74, 6) is -0.807. The van der Waals surface area contributed by atoms with E-state index < -0.39 is 20.3 Å². The Morgan fingerprint density at radius 2 is 1.54 bits per heavy atom. The molecule has 0 saturated carbocycles. The van der Waals surface area contributed by atoms with Crippen LogP contribution < -0.4 is 15.7 Å². The molecule has 0 aliphatic carbocycles. The molecule has 0 spiro atoms. The molecule has 2 N–H and O–H groups in total. The lowest BCUT2D eigenvalue weighted by molar-refractivity contribution is -0.139. The van der Waals surface area contributed by atoms with E-state index >= 15 is 0 Å². The average molecular weight is 370 g/mol. The second kappa shape index (κ2) is 7.35. The highest BCUT2D eigenvalue weighted by molar-refractivity contribution is 6.99. The van der Waals surface area contributed by atoms with Crippen molar-refractivity contribution in [2.24, 2.45) is 0 Å². The molecule has 2 aromatic rings. The maximum absolute atomic E-state index is 11.3. The lowest BCUT2D eigenvalue weighted by Crippen LogP contribution is -2.67. The van der Waals surface area contributed by atoms with Gasteiger partial charge in [0.15, 0.2) is 0 Å². The molecule has 1 saturated heterocycles. The van der Waals surface area contributed by atoms with Crippen molar-refractivity contribution in [2.75, 3.05) is 6.54 Å². The molecule has 26 heavy (non-hydrogen) atoms. The fourth-order valence-electron chi connectivity index (χ4n) is 3.92. The molecule has 138 valence electrons. The molecule has 5 heteroatoms. The summed E-state index contributed by atoms with van der Waals surface area (Å²) in [7, 11) is -2.61. The normalized spacial score (nSPS) is 20.9. The average Bonchev–Trinajstić information content (AvgIpc) is 3.09. The summed E-state index contributed by atoms with van der Waals surface area (Å²) in [5.41, 5.74) is 0. The minimum Gasteiger partial charge on any atom is -0.480 e. The molecule has 4 nitrogen and oxygen atoms in total. The fraction of sp³-hybridized carbons (Fsp3) is 0.381. The monoisotopic (exact) mass is 369 g/mol. The van der Waals surface area contributed by atoms with Gasteiger partial charge in [0, 0.05) is 6.54 Å². The molecular weight excluding hydrogens is 342 g/mol. The number of hydrogen-bond donors (Lipinski definition) is 2. The van der Waals surface area contributed by atoms with E-state index in [0.717, 1.165) is 0 Å². The van der Waals surface area contributed by atoms with Crippen LogP contribution in [0.3, 0.4) is 0 Å². The van der Waals surface area contributed by atoms with Crippen molar-refractivity contribution in [3.05, 3.63) is 60.7 Å². The van der Waals surface area contributed by atoms with Crippen LogP contribution in [0.1, 0.15) is 27.2 Å². The molecule has 0 aromatic heterocycles. The number of aliphatic carboxylic acids is 1. The van der Waals surface area contributed by atoms with E-state index in [9.17, 15) is 9.90 Å². The third-order valence-corrected chi connectivity index (χ3v) is 10.2. The van der Waals surface area contributed by atoms with Crippen molar-refractivity contribution >= 4 is 24.7 Å². The van der Waals surface area contributed by atoms with Crippen LogP contribution in [0.2, 0.25) is 5.04 Å². The van der Waals surface area contributed by atoms with Gasteiger partial charge in [0.2, 0.25) is 0 Å². The van der Waals surface area contributed by atoms with Crippen molar-refractivity contribution in [3.63, 3.8) is 0 Å². The number of nitrogens with one attached hydrogen (secondary N) is 1. The first-order chi connectivity index (χ1) is 12.3. The third-order valence-electron chi connectivity index (χ3n) is 5.15. The first-order valence-electron chi connectivity index (χ1n) is 9.09. The summed E-state index contributed by atoms with van der Waals surface area (Å²) in [6, 6.07) is 20.4. The van der Waals surface area contributed by atoms with Crippen LogP contribution in [-0.2, 0) is 9.22 Å². The molecule has 3 rings (SSSR count). The van der Waals surface area contributed by atoms with Gasteiger partial charge in [0.05, 0.1) is 6.10 Å². The van der Waals surface area contributed by atoms with E-state index in [4.69, 9.17) is 4.43 Å². The van der Waals surface area contributed by atoms with Gasteiger partial charge < -0.3 is 14.8 Å². The molecule has 2 atom stereocenters. The first kappa shape index (κ1) is 18.8. The Bertz CT molecular complexity index is 703. The zero-order valence-electron chi connectivity index (χ0n) is 15.6. The summed E-state index contributed by atoms with van der Waals surface area (Å²) < 4.78 is 6.93. The van der Waals surface area contributed by atoms with Crippen LogP contribution in [0.4, 0.5) is 0 Å². The Hall–Kier alpha value is -1.95. The predicted octanol–water partition coefficient (Wildman–Crippen LogP) is 2.38. The number of carbonyl (C=O) groups is 1. The zero-order chi connectivity index (χ0) is 18.8. The maximum Gasteiger partial charge on any atom is 0.320 e. The van der Waals surface area contributed by atoms with Gasteiger partial charge in [-0.25, -0.2) is 0 Å². The van der Waals surface area contributed by atoms with Crippen LogP contribution in [0, 0.1) is 0 Å². The van der Waals surface area contributed by atoms with Gasteiger partial charge in [-0.3, -0.25) is 4.79 Å². The van der Waals surface area contributed by atoms with Gasteiger partial charge in [0.25, 0.3) is 8.32 Å². The predicted molar refractivity (Wildman–Crippen MR) is 107 cm³/mol. The van der Waals surface area contributed by atoms with E-state index in [1.54, 1.807) is 0 Å². The van der Waals surface area contributed by atoms with Gasteiger partial charge in [-0.2, -0.15) is 0 Å². The maximum atomic E-state index is 11.3. The van der Waals surface area contributed by atoms with E-state index in [0.29, 0.717) is 13.0 Å². The molecule has 1 aliphatic heterocycles. The van der Waals surface area contributed by atoms with Crippen LogP contribution in [0.25, 0.3) is 0 Å². The summed E-state index contributed by atoms with van der Waals surface area (Å²) in [6.45, 7) is 7.27. The number of rotatable bonds is 5. The molecule has 1 aliphatic rings. The molecule has 2 aromatic carbocycles. The van der Waals surface area contributed by atoms with Crippen LogP contribution >= 0.6 is 0 Å². The van der Waals surface area contributed by atoms with Crippen molar-refractivity contribution in [1.82, 2.24) is 5.32 Å². The molecule has 0 amide bonds. The van der Waals surface area contributed by atoms with E-state index in [1.165, 1.54) is 10.4 Å². The number of benzene rings is 2. The molecular formula is C21H27NO3Si. The van der Waals surface area contributed by atoms with Crippen LogP contribution in [0.5, 0.6) is 0 Å². The topological polar surface area (TPSA) is 58.6 Å². The van der Waals surface area contributed by atoms with Crippen LogP contribution in [-0.4, -0.2) is 38.1 Å². The highest BCUT2D eigenvalue weighted by Crippen LogP contribution is 2.38. The Morgan fingerprint density at radius 3 is 1.92 bits per heavy atom. The standard InChI is InChI=1S/C21H27NO3Si/c1-21(2,3)26(17-10-6-4-7-11-17,18-12-8-5-9-13-18)25-16-14-19(20(23)24)22-15-16/h4-13,16,19,22H,14-15H2,1-3H3,(H,23,24)/t16-,19-/m1/s1. The second-order valence-electron chi connectivity index (χ2n) is 7.94. The number of carboxylic acid groups (broad SMARTS) is 1. The number of hydrogen-bond acceptors (Lipinski definition) is 3. The van der Waals surface area contributed by atoms with Gasteiger partial charge in [-0.05, 0) is 21.8 Å². The van der Waals surface area contributed by atoms with Gasteiger partial charge in [0.1, 0.15) is 6.04 Å². The van der Waals surface area contributed by atoms with Crippen molar-refractivity contribution in [3.8, 4) is 0 Å². The minimum atomic E-state index is -2.61.